The van der Waals surface area contributed by atoms with Crippen molar-refractivity contribution in [2.45, 2.75) is 29.1 Å². The molecule has 3 rings (SSSR count). The van der Waals surface area contributed by atoms with Gasteiger partial charge >= 0.3 is 0 Å². The van der Waals surface area contributed by atoms with E-state index in [9.17, 15) is 0 Å². The molecule has 138 valence electrons. The van der Waals surface area contributed by atoms with Crippen molar-refractivity contribution >= 4 is 44.9 Å². The average Bonchev–Trinajstić information content (AvgIpc) is 2.61. The lowest BCUT2D eigenvalue weighted by atomic mass is 9.96. The highest BCUT2D eigenvalue weighted by Gasteiger charge is 2.21. The van der Waals surface area contributed by atoms with Crippen molar-refractivity contribution in [3.8, 4) is 0 Å². The Bertz CT molecular complexity index is 800. The quantitative estimate of drug-likeness (QED) is 0.214. The zero-order chi connectivity index (χ0) is 18.6. The second-order valence-electron chi connectivity index (χ2n) is 7.42. The number of benzene rings is 2. The first kappa shape index (κ1) is 20.0. The Balaban J connectivity index is 1.82. The Morgan fingerprint density at radius 2 is 1.77 bits per heavy atom. The smallest absolute Gasteiger partial charge is 0.0817 e. The maximum atomic E-state index is 6.30. The van der Waals surface area contributed by atoms with Gasteiger partial charge in [-0.3, -0.25) is 0 Å². The maximum absolute atomic E-state index is 6.30. The van der Waals surface area contributed by atoms with Crippen LogP contribution in [0, 0.1) is 0 Å². The molecule has 1 aliphatic rings. The summed E-state index contributed by atoms with van der Waals surface area (Å²) in [7, 11) is 4.67. The van der Waals surface area contributed by atoms with Crippen molar-refractivity contribution in [3.63, 3.8) is 0 Å². The minimum atomic E-state index is 0.806. The van der Waals surface area contributed by atoms with Gasteiger partial charge in [0, 0.05) is 26.6 Å². The van der Waals surface area contributed by atoms with Gasteiger partial charge in [0.1, 0.15) is 0 Å². The van der Waals surface area contributed by atoms with E-state index in [0.717, 1.165) is 27.8 Å². The van der Waals surface area contributed by atoms with Gasteiger partial charge in [0.15, 0.2) is 0 Å². The number of fused-ring (bicyclic) bond motifs is 2. The van der Waals surface area contributed by atoms with Crippen LogP contribution in [-0.4, -0.2) is 37.0 Å². The van der Waals surface area contributed by atoms with Crippen molar-refractivity contribution < 1.29 is 4.48 Å². The van der Waals surface area contributed by atoms with Crippen LogP contribution in [0.4, 0.5) is 0 Å². The fourth-order valence-corrected chi connectivity index (χ4v) is 5.02. The number of nitrogens with zero attached hydrogens (tertiary/aromatic N) is 1. The van der Waals surface area contributed by atoms with E-state index in [1.165, 1.54) is 45.9 Å². The van der Waals surface area contributed by atoms with E-state index in [1.807, 2.05) is 17.8 Å². The number of halogens is 2. The van der Waals surface area contributed by atoms with Gasteiger partial charge in [0.25, 0.3) is 0 Å². The molecule has 0 aromatic heterocycles. The average molecular weight is 452 g/mol. The predicted molar refractivity (Wildman–Crippen MR) is 119 cm³/mol. The highest BCUT2D eigenvalue weighted by atomic mass is 79.9. The SMILES string of the molecule is C[N+](C)(CCC=C1c2ccccc2Sc2ccc(Cl)cc21)CCCCBr. The molecule has 0 amide bonds. The van der Waals surface area contributed by atoms with Crippen LogP contribution in [0.3, 0.4) is 0 Å². The molecule has 0 saturated carbocycles. The minimum Gasteiger partial charge on any atom is -0.328 e. The first-order valence-corrected chi connectivity index (χ1v) is 11.5. The Morgan fingerprint density at radius 1 is 1.00 bits per heavy atom. The topological polar surface area (TPSA) is 0 Å². The van der Waals surface area contributed by atoms with Crippen LogP contribution in [0.25, 0.3) is 5.57 Å². The van der Waals surface area contributed by atoms with E-state index in [1.54, 1.807) is 0 Å². The van der Waals surface area contributed by atoms with Gasteiger partial charge in [0.2, 0.25) is 0 Å². The summed E-state index contributed by atoms with van der Waals surface area (Å²) in [4.78, 5) is 2.63. The zero-order valence-electron chi connectivity index (χ0n) is 15.5. The molecule has 0 bridgehead atoms. The third-order valence-corrected chi connectivity index (χ3v) is 6.81. The predicted octanol–water partition coefficient (Wildman–Crippen LogP) is 6.88. The summed E-state index contributed by atoms with van der Waals surface area (Å²) >= 11 is 11.7. The first-order chi connectivity index (χ1) is 12.5. The minimum absolute atomic E-state index is 0.806. The lowest BCUT2D eigenvalue weighted by Crippen LogP contribution is -2.41. The number of hydrogen-bond donors (Lipinski definition) is 0. The summed E-state index contributed by atoms with van der Waals surface area (Å²) in [6, 6.07) is 14.9. The van der Waals surface area contributed by atoms with E-state index in [2.05, 4.69) is 72.5 Å². The molecule has 2 aromatic rings. The highest BCUT2D eigenvalue weighted by Crippen LogP contribution is 2.46. The molecule has 0 aliphatic carbocycles. The molecule has 4 heteroatoms. The summed E-state index contributed by atoms with van der Waals surface area (Å²) in [5, 5.41) is 1.91. The Morgan fingerprint density at radius 3 is 2.58 bits per heavy atom. The Hall–Kier alpha value is -0.740. The summed E-state index contributed by atoms with van der Waals surface area (Å²) in [6.07, 6.45) is 6.01. The molecule has 0 unspecified atom stereocenters. The van der Waals surface area contributed by atoms with Crippen LogP contribution < -0.4 is 0 Å². The molecular weight excluding hydrogens is 426 g/mol. The van der Waals surface area contributed by atoms with Crippen molar-refractivity contribution in [3.05, 3.63) is 64.7 Å². The zero-order valence-corrected chi connectivity index (χ0v) is 18.6. The summed E-state index contributed by atoms with van der Waals surface area (Å²) in [6.45, 7) is 2.38. The molecule has 1 aliphatic heterocycles. The van der Waals surface area contributed by atoms with Crippen LogP contribution in [0.1, 0.15) is 30.4 Å². The van der Waals surface area contributed by atoms with Gasteiger partial charge in [-0.25, -0.2) is 0 Å². The van der Waals surface area contributed by atoms with Gasteiger partial charge < -0.3 is 4.48 Å². The molecule has 0 N–H and O–H groups in total. The van der Waals surface area contributed by atoms with Crippen LogP contribution in [0.5, 0.6) is 0 Å². The van der Waals surface area contributed by atoms with Crippen LogP contribution in [0.15, 0.2) is 58.3 Å². The fourth-order valence-electron chi connectivity index (χ4n) is 3.37. The molecular formula is C22H26BrClNS+. The molecule has 0 radical (unpaired) electrons. The second kappa shape index (κ2) is 8.97. The fraction of sp³-hybridized carbons (Fsp3) is 0.364. The third-order valence-electron chi connectivity index (χ3n) is 4.86. The molecule has 0 spiro atoms. The summed E-state index contributed by atoms with van der Waals surface area (Å²) in [5.74, 6) is 0. The number of unbranched alkanes of at least 4 members (excludes halogenated alkanes) is 1. The van der Waals surface area contributed by atoms with Crippen molar-refractivity contribution in [2.75, 3.05) is 32.5 Å². The molecule has 2 aromatic carbocycles. The van der Waals surface area contributed by atoms with Gasteiger partial charge in [0.05, 0.1) is 27.2 Å². The molecule has 0 fully saturated rings. The van der Waals surface area contributed by atoms with Gasteiger partial charge in [-0.15, -0.1) is 0 Å². The van der Waals surface area contributed by atoms with Crippen LogP contribution >= 0.6 is 39.3 Å². The summed E-state index contributed by atoms with van der Waals surface area (Å²) < 4.78 is 1.07. The molecule has 1 nitrogen and oxygen atoms in total. The monoisotopic (exact) mass is 450 g/mol. The number of rotatable bonds is 7. The Labute approximate surface area is 175 Å². The standard InChI is InChI=1S/C22H26BrClNS/c1-25(2,14-6-5-13-23)15-7-9-18-19-8-3-4-10-21(19)26-22-12-11-17(24)16-20(18)22/h3-4,8-12,16H,5-7,13-15H2,1-2H3/q+1. The van der Waals surface area contributed by atoms with Crippen LogP contribution in [0.2, 0.25) is 5.02 Å². The second-order valence-corrected chi connectivity index (χ2v) is 9.74. The largest absolute Gasteiger partial charge is 0.328 e. The molecule has 1 heterocycles. The van der Waals surface area contributed by atoms with E-state index >= 15 is 0 Å². The van der Waals surface area contributed by atoms with Gasteiger partial charge in [-0.2, -0.15) is 0 Å². The maximum Gasteiger partial charge on any atom is 0.0817 e. The Kier molecular flexibility index (Phi) is 6.90. The van der Waals surface area contributed by atoms with E-state index in [-0.39, 0.29) is 0 Å². The lowest BCUT2D eigenvalue weighted by molar-refractivity contribution is -0.890. The summed E-state index contributed by atoms with van der Waals surface area (Å²) in [5.41, 5.74) is 3.93. The van der Waals surface area contributed by atoms with E-state index in [0.29, 0.717) is 0 Å². The van der Waals surface area contributed by atoms with Crippen LogP contribution in [-0.2, 0) is 0 Å². The van der Waals surface area contributed by atoms with Crippen molar-refractivity contribution in [1.29, 1.82) is 0 Å². The number of alkyl halides is 1. The normalized spacial score (nSPS) is 15.0. The highest BCUT2D eigenvalue weighted by molar-refractivity contribution is 9.09. The third kappa shape index (κ3) is 4.95. The molecule has 0 saturated heterocycles. The van der Waals surface area contributed by atoms with E-state index < -0.39 is 0 Å². The van der Waals surface area contributed by atoms with Crippen molar-refractivity contribution in [2.24, 2.45) is 0 Å². The lowest BCUT2D eigenvalue weighted by Gasteiger charge is -2.30. The van der Waals surface area contributed by atoms with Gasteiger partial charge in [-0.1, -0.05) is 63.6 Å². The van der Waals surface area contributed by atoms with Gasteiger partial charge in [-0.05, 0) is 53.8 Å². The van der Waals surface area contributed by atoms with Crippen molar-refractivity contribution in [1.82, 2.24) is 0 Å². The molecule has 26 heavy (non-hydrogen) atoms. The number of quaternary nitrogens is 1. The first-order valence-electron chi connectivity index (χ1n) is 9.15. The molecule has 0 atom stereocenters. The van der Waals surface area contributed by atoms with E-state index in [4.69, 9.17) is 11.6 Å². The number of hydrogen-bond acceptors (Lipinski definition) is 1.